The van der Waals surface area contributed by atoms with E-state index < -0.39 is 11.9 Å². The molecule has 0 unspecified atom stereocenters. The van der Waals surface area contributed by atoms with Crippen LogP contribution in [0.1, 0.15) is 73.6 Å². The number of alkyl halides is 2. The highest BCUT2D eigenvalue weighted by Crippen LogP contribution is 2.38. The molecule has 2 aromatic carbocycles. The molecule has 170 valence electrons. The van der Waals surface area contributed by atoms with Crippen LogP contribution in [0.15, 0.2) is 54.6 Å². The van der Waals surface area contributed by atoms with E-state index in [1.807, 2.05) is 6.92 Å². The number of allylic oxidation sites excluding steroid dienone is 2. The Morgan fingerprint density at radius 2 is 1.81 bits per heavy atom. The van der Waals surface area contributed by atoms with Crippen LogP contribution < -0.4 is 0 Å². The van der Waals surface area contributed by atoms with Gasteiger partial charge in [-0.2, -0.15) is 14.0 Å². The summed E-state index contributed by atoms with van der Waals surface area (Å²) in [5.74, 6) is 0.547. The second kappa shape index (κ2) is 11.3. The first-order valence-electron chi connectivity index (χ1n) is 11.3. The van der Waals surface area contributed by atoms with Crippen molar-refractivity contribution < 1.29 is 17.9 Å². The number of ether oxygens (including phenoxy) is 1. The second-order valence-corrected chi connectivity index (χ2v) is 8.53. The first kappa shape index (κ1) is 24.1. The molecular formula is C27H30F3NO. The van der Waals surface area contributed by atoms with Crippen molar-refractivity contribution in [2.24, 2.45) is 5.92 Å². The third-order valence-electron chi connectivity index (χ3n) is 6.37. The minimum atomic E-state index is -3.41. The van der Waals surface area contributed by atoms with E-state index in [2.05, 4.69) is 12.2 Å². The zero-order valence-electron chi connectivity index (χ0n) is 18.5. The van der Waals surface area contributed by atoms with E-state index in [4.69, 9.17) is 10.00 Å². The van der Waals surface area contributed by atoms with Crippen LogP contribution in [0.5, 0.6) is 0 Å². The summed E-state index contributed by atoms with van der Waals surface area (Å²) in [5.41, 5.74) is 1.38. The summed E-state index contributed by atoms with van der Waals surface area (Å²) in [5, 5.41) is 8.76. The van der Waals surface area contributed by atoms with Crippen LogP contribution in [0.2, 0.25) is 0 Å². The molecule has 0 saturated heterocycles. The van der Waals surface area contributed by atoms with Gasteiger partial charge in [-0.05, 0) is 87.0 Å². The standard InChI is InChI=1S/C27H30F3NO/c1-2-3-4-5-20-6-9-22(10-7-20)23-12-14-25(15-13-23)27(29,30)32-17-16-21-8-11-24(19-31)26(28)18-21/h2-3,8,11-15,18,20,22H,4-7,9-10,16-17H2,1H3. The fourth-order valence-corrected chi connectivity index (χ4v) is 4.42. The predicted molar refractivity (Wildman–Crippen MR) is 120 cm³/mol. The van der Waals surface area contributed by atoms with Crippen LogP contribution in [0.4, 0.5) is 13.2 Å². The molecule has 2 aromatic rings. The lowest BCUT2D eigenvalue weighted by molar-refractivity contribution is -0.248. The molecule has 1 saturated carbocycles. The van der Waals surface area contributed by atoms with Gasteiger partial charge in [-0.15, -0.1) is 0 Å². The Labute approximate surface area is 188 Å². The molecule has 2 nitrogen and oxygen atoms in total. The number of benzene rings is 2. The minimum Gasteiger partial charge on any atom is -0.316 e. The van der Waals surface area contributed by atoms with Crippen molar-refractivity contribution in [1.29, 1.82) is 5.26 Å². The molecule has 0 N–H and O–H groups in total. The number of nitriles is 1. The largest absolute Gasteiger partial charge is 0.383 e. The number of hydrogen-bond donors (Lipinski definition) is 0. The molecule has 32 heavy (non-hydrogen) atoms. The van der Waals surface area contributed by atoms with Crippen molar-refractivity contribution in [2.75, 3.05) is 6.61 Å². The van der Waals surface area contributed by atoms with E-state index in [0.29, 0.717) is 11.5 Å². The number of hydrogen-bond acceptors (Lipinski definition) is 2. The van der Waals surface area contributed by atoms with E-state index in [-0.39, 0.29) is 24.2 Å². The molecule has 1 aliphatic carbocycles. The Kier molecular flexibility index (Phi) is 8.53. The maximum atomic E-state index is 14.5. The Bertz CT molecular complexity index is 938. The smallest absolute Gasteiger partial charge is 0.316 e. The molecule has 0 aromatic heterocycles. The van der Waals surface area contributed by atoms with Crippen LogP contribution >= 0.6 is 0 Å². The molecule has 5 heteroatoms. The third-order valence-corrected chi connectivity index (χ3v) is 6.37. The lowest BCUT2D eigenvalue weighted by Crippen LogP contribution is -2.20. The summed E-state index contributed by atoms with van der Waals surface area (Å²) in [6.45, 7) is 1.79. The van der Waals surface area contributed by atoms with Crippen LogP contribution in [0, 0.1) is 23.1 Å². The maximum absolute atomic E-state index is 14.5. The summed E-state index contributed by atoms with van der Waals surface area (Å²) in [6, 6.07) is 12.3. The maximum Gasteiger partial charge on any atom is 0.383 e. The lowest BCUT2D eigenvalue weighted by Gasteiger charge is -2.29. The molecular weight excluding hydrogens is 411 g/mol. The first-order chi connectivity index (χ1) is 15.4. The molecule has 0 bridgehead atoms. The van der Waals surface area contributed by atoms with Gasteiger partial charge in [-0.25, -0.2) is 4.39 Å². The third kappa shape index (κ3) is 6.46. The highest BCUT2D eigenvalue weighted by atomic mass is 19.3. The molecule has 0 heterocycles. The normalized spacial score (nSPS) is 19.2. The molecule has 0 radical (unpaired) electrons. The molecule has 1 aliphatic rings. The van der Waals surface area contributed by atoms with Gasteiger partial charge in [-0.3, -0.25) is 0 Å². The highest BCUT2D eigenvalue weighted by Gasteiger charge is 2.33. The van der Waals surface area contributed by atoms with Gasteiger partial charge >= 0.3 is 6.11 Å². The van der Waals surface area contributed by atoms with Gasteiger partial charge in [-0.1, -0.05) is 42.5 Å². The van der Waals surface area contributed by atoms with Crippen molar-refractivity contribution in [2.45, 2.75) is 63.9 Å². The molecule has 0 atom stereocenters. The highest BCUT2D eigenvalue weighted by molar-refractivity contribution is 5.33. The van der Waals surface area contributed by atoms with E-state index in [1.165, 1.54) is 43.5 Å². The van der Waals surface area contributed by atoms with Crippen molar-refractivity contribution in [3.05, 3.63) is 82.7 Å². The Morgan fingerprint density at radius 3 is 2.44 bits per heavy atom. The van der Waals surface area contributed by atoms with Gasteiger partial charge in [0.05, 0.1) is 17.7 Å². The number of rotatable bonds is 9. The zero-order valence-corrected chi connectivity index (χ0v) is 18.5. The molecule has 0 amide bonds. The van der Waals surface area contributed by atoms with Gasteiger partial charge in [0.15, 0.2) is 0 Å². The van der Waals surface area contributed by atoms with Gasteiger partial charge in [0, 0.05) is 0 Å². The van der Waals surface area contributed by atoms with Crippen LogP contribution in [0.25, 0.3) is 0 Å². The SMILES string of the molecule is CC=CCCC1CCC(c2ccc(C(F)(F)OCCc3ccc(C#N)c(F)c3)cc2)CC1. The van der Waals surface area contributed by atoms with E-state index in [9.17, 15) is 13.2 Å². The van der Waals surface area contributed by atoms with Crippen LogP contribution in [-0.4, -0.2) is 6.61 Å². The number of halogens is 3. The first-order valence-corrected chi connectivity index (χ1v) is 11.3. The van der Waals surface area contributed by atoms with E-state index in [0.717, 1.165) is 30.7 Å². The van der Waals surface area contributed by atoms with Gasteiger partial charge in [0.2, 0.25) is 0 Å². The Hall–Kier alpha value is -2.58. The van der Waals surface area contributed by atoms with Crippen LogP contribution in [-0.2, 0) is 17.3 Å². The van der Waals surface area contributed by atoms with E-state index >= 15 is 0 Å². The average molecular weight is 442 g/mol. The number of nitrogens with zero attached hydrogens (tertiary/aromatic N) is 1. The fourth-order valence-electron chi connectivity index (χ4n) is 4.42. The zero-order chi connectivity index (χ0) is 23.0. The van der Waals surface area contributed by atoms with E-state index in [1.54, 1.807) is 24.3 Å². The lowest BCUT2D eigenvalue weighted by atomic mass is 9.77. The monoisotopic (exact) mass is 441 g/mol. The second-order valence-electron chi connectivity index (χ2n) is 8.53. The van der Waals surface area contributed by atoms with Crippen LogP contribution in [0.3, 0.4) is 0 Å². The van der Waals surface area contributed by atoms with Crippen molar-refractivity contribution in [1.82, 2.24) is 0 Å². The summed E-state index contributed by atoms with van der Waals surface area (Å²) >= 11 is 0. The van der Waals surface area contributed by atoms with Crippen molar-refractivity contribution in [3.63, 3.8) is 0 Å². The topological polar surface area (TPSA) is 33.0 Å². The van der Waals surface area contributed by atoms with Gasteiger partial charge in [0.1, 0.15) is 11.9 Å². The van der Waals surface area contributed by atoms with Gasteiger partial charge in [0.25, 0.3) is 0 Å². The average Bonchev–Trinajstić information content (AvgIpc) is 2.80. The Morgan fingerprint density at radius 1 is 1.09 bits per heavy atom. The minimum absolute atomic E-state index is 0.0674. The fraction of sp³-hybridized carbons (Fsp3) is 0.444. The molecule has 0 aliphatic heterocycles. The Balaban J connectivity index is 1.50. The molecule has 0 spiro atoms. The molecule has 3 rings (SSSR count). The molecule has 1 fully saturated rings. The van der Waals surface area contributed by atoms with Gasteiger partial charge < -0.3 is 4.74 Å². The predicted octanol–water partition coefficient (Wildman–Crippen LogP) is 7.64. The summed E-state index contributed by atoms with van der Waals surface area (Å²) < 4.78 is 47.4. The summed E-state index contributed by atoms with van der Waals surface area (Å²) in [6.07, 6.45) is 8.00. The summed E-state index contributed by atoms with van der Waals surface area (Å²) in [7, 11) is 0. The van der Waals surface area contributed by atoms with Crippen molar-refractivity contribution >= 4 is 0 Å². The van der Waals surface area contributed by atoms with Crippen molar-refractivity contribution in [3.8, 4) is 6.07 Å². The summed E-state index contributed by atoms with van der Waals surface area (Å²) in [4.78, 5) is 0. The quantitative estimate of drug-likeness (QED) is 0.375.